The highest BCUT2D eigenvalue weighted by atomic mass is 16.5. The minimum absolute atomic E-state index is 0.133. The number of amides is 1. The van der Waals surface area contributed by atoms with Gasteiger partial charge in [0.25, 0.3) is 5.91 Å². The zero-order chi connectivity index (χ0) is 19.8. The highest BCUT2D eigenvalue weighted by molar-refractivity contribution is 5.83. The van der Waals surface area contributed by atoms with E-state index in [0.29, 0.717) is 18.0 Å². The number of benzene rings is 2. The number of aryl methyl sites for hydroxylation is 1. The van der Waals surface area contributed by atoms with Crippen LogP contribution in [0.15, 0.2) is 42.5 Å². The Morgan fingerprint density at radius 2 is 1.59 bits per heavy atom. The lowest BCUT2D eigenvalue weighted by Gasteiger charge is -2.14. The van der Waals surface area contributed by atoms with Crippen molar-refractivity contribution in [3.8, 4) is 11.5 Å². The first-order valence-corrected chi connectivity index (χ1v) is 8.66. The van der Waals surface area contributed by atoms with Crippen molar-refractivity contribution >= 4 is 11.9 Å². The molecule has 0 radical (unpaired) electrons. The van der Waals surface area contributed by atoms with E-state index < -0.39 is 12.1 Å². The number of hydrogen-bond donors (Lipinski definition) is 1. The van der Waals surface area contributed by atoms with Gasteiger partial charge in [-0.2, -0.15) is 0 Å². The molecular weight excluding hydrogens is 346 g/mol. The molecule has 2 aromatic rings. The lowest BCUT2D eigenvalue weighted by atomic mass is 10.1. The van der Waals surface area contributed by atoms with Crippen LogP contribution in [0.1, 0.15) is 23.6 Å². The molecule has 0 saturated carbocycles. The highest BCUT2D eigenvalue weighted by Crippen LogP contribution is 2.27. The van der Waals surface area contributed by atoms with Crippen LogP contribution in [0.3, 0.4) is 0 Å². The lowest BCUT2D eigenvalue weighted by Crippen LogP contribution is -2.35. The lowest BCUT2D eigenvalue weighted by molar-refractivity contribution is -0.154. The summed E-state index contributed by atoms with van der Waals surface area (Å²) in [6.07, 6.45) is -0.740. The van der Waals surface area contributed by atoms with Gasteiger partial charge in [0.2, 0.25) is 0 Å². The van der Waals surface area contributed by atoms with E-state index in [2.05, 4.69) is 5.32 Å². The van der Waals surface area contributed by atoms with Gasteiger partial charge in [-0.1, -0.05) is 35.9 Å². The van der Waals surface area contributed by atoms with Crippen molar-refractivity contribution in [3.63, 3.8) is 0 Å². The molecule has 0 fully saturated rings. The maximum absolute atomic E-state index is 12.2. The first-order valence-electron chi connectivity index (χ1n) is 8.66. The summed E-state index contributed by atoms with van der Waals surface area (Å²) in [6.45, 7) is 3.82. The van der Waals surface area contributed by atoms with Gasteiger partial charge in [0, 0.05) is 6.54 Å². The number of hydrogen-bond acceptors (Lipinski definition) is 5. The standard InChI is InChI=1S/C21H25NO5/c1-14-5-7-16(8-6-14)12-20(23)27-15(2)21(24)22-13-17-9-10-18(25-3)19(11-17)26-4/h5-11,15H,12-13H2,1-4H3,(H,22,24)/t15-/m0/s1. The SMILES string of the molecule is COc1ccc(CNC(=O)[C@H](C)OC(=O)Cc2ccc(C)cc2)cc1OC. The molecule has 0 spiro atoms. The average molecular weight is 371 g/mol. The predicted octanol–water partition coefficient (Wildman–Crippen LogP) is 2.80. The minimum atomic E-state index is -0.872. The summed E-state index contributed by atoms with van der Waals surface area (Å²) in [5.41, 5.74) is 2.82. The monoisotopic (exact) mass is 371 g/mol. The maximum atomic E-state index is 12.2. The van der Waals surface area contributed by atoms with Crippen molar-refractivity contribution in [2.75, 3.05) is 14.2 Å². The Kier molecular flexibility index (Phi) is 7.23. The normalized spacial score (nSPS) is 11.4. The highest BCUT2D eigenvalue weighted by Gasteiger charge is 2.18. The first-order chi connectivity index (χ1) is 12.9. The Morgan fingerprint density at radius 3 is 2.22 bits per heavy atom. The molecule has 0 aliphatic heterocycles. The van der Waals surface area contributed by atoms with E-state index in [1.807, 2.05) is 37.3 Å². The fraction of sp³-hybridized carbons (Fsp3) is 0.333. The van der Waals surface area contributed by atoms with E-state index >= 15 is 0 Å². The minimum Gasteiger partial charge on any atom is -0.493 e. The zero-order valence-electron chi connectivity index (χ0n) is 16.1. The second-order valence-corrected chi connectivity index (χ2v) is 6.20. The first kappa shape index (κ1) is 20.3. The van der Waals surface area contributed by atoms with E-state index in [1.165, 1.54) is 0 Å². The van der Waals surface area contributed by atoms with Gasteiger partial charge in [-0.25, -0.2) is 0 Å². The van der Waals surface area contributed by atoms with Crippen molar-refractivity contribution in [1.82, 2.24) is 5.32 Å². The molecule has 0 heterocycles. The summed E-state index contributed by atoms with van der Waals surface area (Å²) in [5.74, 6) is 0.405. The third-order valence-corrected chi connectivity index (χ3v) is 4.06. The van der Waals surface area contributed by atoms with Gasteiger partial charge in [-0.3, -0.25) is 9.59 Å². The van der Waals surface area contributed by atoms with Crippen molar-refractivity contribution in [3.05, 3.63) is 59.2 Å². The number of rotatable bonds is 8. The summed E-state index contributed by atoms with van der Waals surface area (Å²) in [4.78, 5) is 24.2. The van der Waals surface area contributed by atoms with Crippen molar-refractivity contribution in [2.45, 2.75) is 32.9 Å². The molecule has 2 rings (SSSR count). The zero-order valence-corrected chi connectivity index (χ0v) is 16.1. The maximum Gasteiger partial charge on any atom is 0.311 e. The number of carbonyl (C=O) groups is 2. The van der Waals surface area contributed by atoms with Gasteiger partial charge in [-0.15, -0.1) is 0 Å². The molecule has 6 heteroatoms. The molecule has 0 aromatic heterocycles. The second-order valence-electron chi connectivity index (χ2n) is 6.20. The molecule has 1 atom stereocenters. The number of carbonyl (C=O) groups excluding carboxylic acids is 2. The van der Waals surface area contributed by atoms with E-state index in [4.69, 9.17) is 14.2 Å². The summed E-state index contributed by atoms with van der Waals surface area (Å²) in [5, 5.41) is 2.75. The van der Waals surface area contributed by atoms with Crippen LogP contribution in [0.2, 0.25) is 0 Å². The van der Waals surface area contributed by atoms with E-state index in [1.54, 1.807) is 33.3 Å². The number of esters is 1. The average Bonchev–Trinajstić information content (AvgIpc) is 2.67. The van der Waals surface area contributed by atoms with Crippen molar-refractivity contribution < 1.29 is 23.8 Å². The van der Waals surface area contributed by atoms with E-state index in [9.17, 15) is 9.59 Å². The Labute approximate surface area is 159 Å². The quantitative estimate of drug-likeness (QED) is 0.723. The van der Waals surface area contributed by atoms with Crippen LogP contribution in [0, 0.1) is 6.92 Å². The molecule has 1 amide bonds. The number of methoxy groups -OCH3 is 2. The topological polar surface area (TPSA) is 73.9 Å². The van der Waals surface area contributed by atoms with Crippen LogP contribution < -0.4 is 14.8 Å². The molecule has 0 aliphatic rings. The van der Waals surface area contributed by atoms with Crippen LogP contribution in [-0.2, 0) is 27.3 Å². The number of ether oxygens (including phenoxy) is 3. The third kappa shape index (κ3) is 6.02. The molecule has 0 saturated heterocycles. The van der Waals surface area contributed by atoms with E-state index in [0.717, 1.165) is 16.7 Å². The van der Waals surface area contributed by atoms with Crippen molar-refractivity contribution in [1.29, 1.82) is 0 Å². The molecule has 144 valence electrons. The Bertz CT molecular complexity index is 786. The van der Waals surface area contributed by atoms with Gasteiger partial charge in [0.1, 0.15) is 0 Å². The molecule has 0 bridgehead atoms. The number of nitrogens with one attached hydrogen (secondary N) is 1. The van der Waals surface area contributed by atoms with Gasteiger partial charge < -0.3 is 19.5 Å². The van der Waals surface area contributed by atoms with Crippen LogP contribution in [0.5, 0.6) is 11.5 Å². The van der Waals surface area contributed by atoms with Crippen LogP contribution in [0.4, 0.5) is 0 Å². The molecule has 0 unspecified atom stereocenters. The largest absolute Gasteiger partial charge is 0.493 e. The summed E-state index contributed by atoms with van der Waals surface area (Å²) < 4.78 is 15.6. The fourth-order valence-electron chi connectivity index (χ4n) is 2.49. The Morgan fingerprint density at radius 1 is 0.963 bits per heavy atom. The molecular formula is C21H25NO5. The Hall–Kier alpha value is -3.02. The van der Waals surface area contributed by atoms with Crippen molar-refractivity contribution in [2.24, 2.45) is 0 Å². The fourth-order valence-corrected chi connectivity index (χ4v) is 2.49. The van der Waals surface area contributed by atoms with Gasteiger partial charge >= 0.3 is 5.97 Å². The predicted molar refractivity (Wildman–Crippen MR) is 102 cm³/mol. The van der Waals surface area contributed by atoms with Crippen LogP contribution >= 0.6 is 0 Å². The smallest absolute Gasteiger partial charge is 0.311 e. The molecule has 6 nitrogen and oxygen atoms in total. The van der Waals surface area contributed by atoms with Gasteiger partial charge in [-0.05, 0) is 37.1 Å². The van der Waals surface area contributed by atoms with Gasteiger partial charge in [0.15, 0.2) is 17.6 Å². The molecule has 0 aliphatic carbocycles. The van der Waals surface area contributed by atoms with E-state index in [-0.39, 0.29) is 12.3 Å². The van der Waals surface area contributed by atoms with Crippen LogP contribution in [-0.4, -0.2) is 32.2 Å². The molecule has 1 N–H and O–H groups in total. The second kappa shape index (κ2) is 9.62. The third-order valence-electron chi connectivity index (χ3n) is 4.06. The Balaban J connectivity index is 1.84. The molecule has 27 heavy (non-hydrogen) atoms. The van der Waals surface area contributed by atoms with Crippen LogP contribution in [0.25, 0.3) is 0 Å². The molecule has 2 aromatic carbocycles. The summed E-state index contributed by atoms with van der Waals surface area (Å²) in [6, 6.07) is 13.0. The van der Waals surface area contributed by atoms with Gasteiger partial charge in [0.05, 0.1) is 20.6 Å². The summed E-state index contributed by atoms with van der Waals surface area (Å²) >= 11 is 0. The summed E-state index contributed by atoms with van der Waals surface area (Å²) in [7, 11) is 3.11.